The van der Waals surface area contributed by atoms with Crippen LogP contribution >= 0.6 is 0 Å². The fourth-order valence-electron chi connectivity index (χ4n) is 2.73. The van der Waals surface area contributed by atoms with Crippen molar-refractivity contribution in [1.82, 2.24) is 10.3 Å². The van der Waals surface area contributed by atoms with Crippen LogP contribution in [-0.2, 0) is 20.3 Å². The Hall–Kier alpha value is -3.06. The number of nitrogens with one attached hydrogen (secondary N) is 1. The molecule has 1 aromatic heterocycles. The number of hydrogen-bond acceptors (Lipinski definition) is 5. The normalized spacial score (nSPS) is 12.9. The Morgan fingerprint density at radius 1 is 1.04 bits per heavy atom. The molecular weight excluding hydrogens is 376 g/mol. The van der Waals surface area contributed by atoms with Gasteiger partial charge in [0.05, 0.1) is 23.4 Å². The first-order valence-electron chi connectivity index (χ1n) is 8.76. The lowest BCUT2D eigenvalue weighted by Crippen LogP contribution is -2.42. The fraction of sp³-hybridized carbons (Fsp3) is 0.190. The van der Waals surface area contributed by atoms with Gasteiger partial charge in [-0.3, -0.25) is 9.00 Å². The maximum Gasteiger partial charge on any atom is 0.328 e. The Balaban J connectivity index is 1.69. The second-order valence-electron chi connectivity index (χ2n) is 6.09. The molecule has 0 bridgehead atoms. The summed E-state index contributed by atoms with van der Waals surface area (Å²) in [6.07, 6.45) is 0.188. The smallest absolute Gasteiger partial charge is 0.328 e. The number of ether oxygens (including phenoxy) is 1. The molecule has 1 amide bonds. The van der Waals surface area contributed by atoms with E-state index in [1.54, 1.807) is 36.4 Å². The predicted molar refractivity (Wildman–Crippen MR) is 107 cm³/mol. The maximum atomic E-state index is 12.6. The topological polar surface area (TPSA) is 85.4 Å². The summed E-state index contributed by atoms with van der Waals surface area (Å²) in [5.41, 5.74) is 0.895. The average Bonchev–Trinajstić information content (AvgIpc) is 2.75. The van der Waals surface area contributed by atoms with E-state index in [1.165, 1.54) is 7.11 Å². The van der Waals surface area contributed by atoms with Crippen LogP contribution in [-0.4, -0.2) is 40.0 Å². The highest BCUT2D eigenvalue weighted by atomic mass is 32.2. The number of carbonyl (C=O) groups excluding carboxylic acids is 2. The molecule has 0 saturated carbocycles. The summed E-state index contributed by atoms with van der Waals surface area (Å²) in [5.74, 6) is -0.847. The average molecular weight is 396 g/mol. The summed E-state index contributed by atoms with van der Waals surface area (Å²) in [6, 6.07) is 18.9. The summed E-state index contributed by atoms with van der Waals surface area (Å²) in [6.45, 7) is 0. The molecule has 0 aliphatic carbocycles. The number of pyridine rings is 1. The Kier molecular flexibility index (Phi) is 6.49. The Bertz CT molecular complexity index is 1010. The van der Waals surface area contributed by atoms with E-state index in [0.29, 0.717) is 10.4 Å². The van der Waals surface area contributed by atoms with Crippen molar-refractivity contribution in [2.45, 2.75) is 17.4 Å². The van der Waals surface area contributed by atoms with Gasteiger partial charge in [0.1, 0.15) is 11.7 Å². The number of amides is 1. The van der Waals surface area contributed by atoms with Crippen molar-refractivity contribution < 1.29 is 18.5 Å². The number of para-hydroxylation sites is 1. The van der Waals surface area contributed by atoms with Crippen molar-refractivity contribution >= 4 is 33.6 Å². The third-order valence-corrected chi connectivity index (χ3v) is 5.62. The number of methoxy groups -OCH3 is 1. The molecular formula is C21H20N2O4S. The van der Waals surface area contributed by atoms with Gasteiger partial charge in [-0.15, -0.1) is 0 Å². The Labute approximate surface area is 165 Å². The first kappa shape index (κ1) is 19.7. The Morgan fingerprint density at radius 3 is 2.50 bits per heavy atom. The highest BCUT2D eigenvalue weighted by Gasteiger charge is 2.23. The van der Waals surface area contributed by atoms with Gasteiger partial charge in [-0.2, -0.15) is 0 Å². The van der Waals surface area contributed by atoms with Crippen LogP contribution < -0.4 is 5.32 Å². The fourth-order valence-corrected chi connectivity index (χ4v) is 3.88. The number of rotatable bonds is 7. The van der Waals surface area contributed by atoms with Gasteiger partial charge in [-0.25, -0.2) is 9.78 Å². The largest absolute Gasteiger partial charge is 0.467 e. The van der Waals surface area contributed by atoms with Gasteiger partial charge in [0.15, 0.2) is 0 Å². The van der Waals surface area contributed by atoms with Gasteiger partial charge in [0, 0.05) is 16.0 Å². The summed E-state index contributed by atoms with van der Waals surface area (Å²) in [4.78, 5) is 29.7. The van der Waals surface area contributed by atoms with Crippen LogP contribution in [0.15, 0.2) is 71.6 Å². The second-order valence-corrected chi connectivity index (χ2v) is 7.66. The zero-order chi connectivity index (χ0) is 19.9. The molecule has 3 rings (SSSR count). The molecule has 0 unspecified atom stereocenters. The minimum Gasteiger partial charge on any atom is -0.467 e. The van der Waals surface area contributed by atoms with Crippen LogP contribution in [0.1, 0.15) is 16.9 Å². The van der Waals surface area contributed by atoms with Gasteiger partial charge in [0.2, 0.25) is 0 Å². The third-order valence-electron chi connectivity index (χ3n) is 4.22. The summed E-state index contributed by atoms with van der Waals surface area (Å²) in [7, 11) is -0.0212. The molecule has 1 heterocycles. The van der Waals surface area contributed by atoms with Gasteiger partial charge in [0.25, 0.3) is 5.91 Å². The van der Waals surface area contributed by atoms with Gasteiger partial charge in [-0.05, 0) is 30.7 Å². The van der Waals surface area contributed by atoms with E-state index in [4.69, 9.17) is 4.74 Å². The van der Waals surface area contributed by atoms with Crippen molar-refractivity contribution in [2.24, 2.45) is 0 Å². The van der Waals surface area contributed by atoms with Crippen LogP contribution in [0.3, 0.4) is 0 Å². The van der Waals surface area contributed by atoms with Crippen molar-refractivity contribution in [3.63, 3.8) is 0 Å². The SMILES string of the molecule is COC(=O)[C@H](CC[S@](=O)c1ccccc1)NC(=O)c1ccc2ccccc2n1. The first-order chi connectivity index (χ1) is 13.6. The predicted octanol–water partition coefficient (Wildman–Crippen LogP) is 2.70. The molecule has 6 nitrogen and oxygen atoms in total. The number of carbonyl (C=O) groups is 2. The zero-order valence-corrected chi connectivity index (χ0v) is 16.1. The lowest BCUT2D eigenvalue weighted by Gasteiger charge is -2.16. The molecule has 2 aromatic carbocycles. The van der Waals surface area contributed by atoms with Gasteiger partial charge in [-0.1, -0.05) is 42.5 Å². The quantitative estimate of drug-likeness (QED) is 0.621. The summed E-state index contributed by atoms with van der Waals surface area (Å²) < 4.78 is 17.2. The monoisotopic (exact) mass is 396 g/mol. The second kappa shape index (κ2) is 9.23. The minimum absolute atomic E-state index is 0.188. The standard InChI is InChI=1S/C21H20N2O4S/c1-27-21(25)19(13-14-28(26)16-8-3-2-4-9-16)23-20(24)18-12-11-15-7-5-6-10-17(15)22-18/h2-12,19H,13-14H2,1H3,(H,23,24)/t19-,28-/m0/s1. The van der Waals surface area contributed by atoms with Crippen LogP contribution in [0.5, 0.6) is 0 Å². The number of esters is 1. The van der Waals surface area contributed by atoms with E-state index in [2.05, 4.69) is 10.3 Å². The minimum atomic E-state index is -1.28. The number of fused-ring (bicyclic) bond motifs is 1. The van der Waals surface area contributed by atoms with Gasteiger partial charge >= 0.3 is 5.97 Å². The van der Waals surface area contributed by atoms with Crippen LogP contribution in [0.4, 0.5) is 0 Å². The molecule has 28 heavy (non-hydrogen) atoms. The summed E-state index contributed by atoms with van der Waals surface area (Å²) in [5, 5.41) is 3.56. The molecule has 0 spiro atoms. The summed E-state index contributed by atoms with van der Waals surface area (Å²) >= 11 is 0. The van der Waals surface area contributed by atoms with Crippen LogP contribution in [0.2, 0.25) is 0 Å². The van der Waals surface area contributed by atoms with E-state index < -0.39 is 28.7 Å². The zero-order valence-electron chi connectivity index (χ0n) is 15.3. The van der Waals surface area contributed by atoms with Crippen molar-refractivity contribution in [1.29, 1.82) is 0 Å². The number of aromatic nitrogens is 1. The molecule has 3 aromatic rings. The van der Waals surface area contributed by atoms with Crippen LogP contribution in [0.25, 0.3) is 10.9 Å². The number of benzene rings is 2. The maximum absolute atomic E-state index is 12.6. The van der Waals surface area contributed by atoms with Gasteiger partial charge < -0.3 is 10.1 Å². The van der Waals surface area contributed by atoms with Crippen molar-refractivity contribution in [2.75, 3.05) is 12.9 Å². The molecule has 0 radical (unpaired) electrons. The van der Waals surface area contributed by atoms with E-state index in [1.807, 2.05) is 30.3 Å². The molecule has 0 fully saturated rings. The molecule has 0 saturated heterocycles. The highest BCUT2D eigenvalue weighted by molar-refractivity contribution is 7.85. The molecule has 1 N–H and O–H groups in total. The van der Waals surface area contributed by atoms with E-state index in [-0.39, 0.29) is 17.9 Å². The lowest BCUT2D eigenvalue weighted by atomic mass is 10.2. The number of nitrogens with zero attached hydrogens (tertiary/aromatic N) is 1. The van der Waals surface area contributed by atoms with E-state index >= 15 is 0 Å². The molecule has 7 heteroatoms. The third kappa shape index (κ3) is 4.80. The molecule has 144 valence electrons. The molecule has 0 aliphatic heterocycles. The van der Waals surface area contributed by atoms with Crippen molar-refractivity contribution in [3.05, 3.63) is 72.4 Å². The molecule has 0 aliphatic rings. The van der Waals surface area contributed by atoms with Crippen LogP contribution in [0, 0.1) is 0 Å². The first-order valence-corrected chi connectivity index (χ1v) is 10.1. The molecule has 2 atom stereocenters. The highest BCUT2D eigenvalue weighted by Crippen LogP contribution is 2.13. The van der Waals surface area contributed by atoms with Crippen molar-refractivity contribution in [3.8, 4) is 0 Å². The van der Waals surface area contributed by atoms with E-state index in [0.717, 1.165) is 5.39 Å². The van der Waals surface area contributed by atoms with E-state index in [9.17, 15) is 13.8 Å². The Morgan fingerprint density at radius 2 is 1.75 bits per heavy atom. The lowest BCUT2D eigenvalue weighted by molar-refractivity contribution is -0.142. The number of hydrogen-bond donors (Lipinski definition) is 1.